The van der Waals surface area contributed by atoms with Gasteiger partial charge in [-0.05, 0) is 35.6 Å². The lowest BCUT2D eigenvalue weighted by atomic mass is 9.81. The molecule has 0 saturated carbocycles. The summed E-state index contributed by atoms with van der Waals surface area (Å²) in [6.07, 6.45) is -0.449. The summed E-state index contributed by atoms with van der Waals surface area (Å²) in [5, 5.41) is 12.5. The molecule has 1 N–H and O–H groups in total. The summed E-state index contributed by atoms with van der Waals surface area (Å²) in [4.78, 5) is 0. The fourth-order valence-corrected chi connectivity index (χ4v) is 7.58. The highest BCUT2D eigenvalue weighted by Gasteiger charge is 2.57. The summed E-state index contributed by atoms with van der Waals surface area (Å²) in [5.41, 5.74) is 0.983. The number of sulfonamides is 1. The van der Waals surface area contributed by atoms with E-state index in [1.807, 2.05) is 0 Å². The average Bonchev–Trinajstić information content (AvgIpc) is 3.38. The van der Waals surface area contributed by atoms with Crippen molar-refractivity contribution in [1.82, 2.24) is 4.31 Å². The largest absolute Gasteiger partial charge is 0.390 e. The van der Waals surface area contributed by atoms with Crippen molar-refractivity contribution in [2.75, 3.05) is 13.1 Å². The second-order valence-electron chi connectivity index (χ2n) is 7.61. The van der Waals surface area contributed by atoms with Gasteiger partial charge in [-0.2, -0.15) is 4.31 Å². The Balaban J connectivity index is 1.45. The van der Waals surface area contributed by atoms with Crippen molar-refractivity contribution >= 4 is 21.4 Å². The lowest BCUT2D eigenvalue weighted by Gasteiger charge is -2.36. The third-order valence-electron chi connectivity index (χ3n) is 6.22. The van der Waals surface area contributed by atoms with E-state index in [9.17, 15) is 17.9 Å². The third kappa shape index (κ3) is 2.77. The fraction of sp³-hybridized carbons (Fsp3) is 0.474. The number of benzene rings is 1. The number of rotatable bonds is 3. The number of nitrogens with zero attached hydrogens (tertiary/aromatic N) is 1. The first-order valence-corrected chi connectivity index (χ1v) is 11.4. The Morgan fingerprint density at radius 1 is 1.15 bits per heavy atom. The van der Waals surface area contributed by atoms with Crippen LogP contribution in [0.1, 0.15) is 17.9 Å². The normalized spacial score (nSPS) is 36.1. The summed E-state index contributed by atoms with van der Waals surface area (Å²) in [6, 6.07) is 9.75. The molecule has 5 rings (SSSR count). The summed E-state index contributed by atoms with van der Waals surface area (Å²) >= 11 is 1.21. The molecule has 3 aliphatic heterocycles. The highest BCUT2D eigenvalue weighted by molar-refractivity contribution is 7.91. The number of thiophene rings is 1. The quantitative estimate of drug-likeness (QED) is 0.846. The molecule has 0 aliphatic carbocycles. The zero-order chi connectivity index (χ0) is 18.8. The first-order valence-electron chi connectivity index (χ1n) is 9.08. The molecule has 27 heavy (non-hydrogen) atoms. The van der Waals surface area contributed by atoms with E-state index < -0.39 is 16.1 Å². The number of aliphatic hydroxyl groups excluding tert-OH is 1. The predicted molar refractivity (Wildman–Crippen MR) is 98.5 cm³/mol. The van der Waals surface area contributed by atoms with Crippen molar-refractivity contribution < 1.29 is 22.7 Å². The van der Waals surface area contributed by atoms with Gasteiger partial charge in [0.1, 0.15) is 10.0 Å². The highest BCUT2D eigenvalue weighted by Crippen LogP contribution is 2.51. The van der Waals surface area contributed by atoms with E-state index in [0.29, 0.717) is 23.7 Å². The number of aliphatic hydroxyl groups is 1. The lowest BCUT2D eigenvalue weighted by Crippen LogP contribution is -2.46. The van der Waals surface area contributed by atoms with Gasteiger partial charge in [-0.25, -0.2) is 12.8 Å². The minimum absolute atomic E-state index is 0.0460. The molecule has 1 aromatic heterocycles. The van der Waals surface area contributed by atoms with Gasteiger partial charge < -0.3 is 9.84 Å². The number of ether oxygens (including phenoxy) is 1. The second-order valence-corrected chi connectivity index (χ2v) is 10.7. The minimum Gasteiger partial charge on any atom is -0.390 e. The van der Waals surface area contributed by atoms with Crippen LogP contribution in [0.15, 0.2) is 46.0 Å². The smallest absolute Gasteiger partial charge is 0.252 e. The Bertz CT molecular complexity index is 931. The van der Waals surface area contributed by atoms with Gasteiger partial charge in [0, 0.05) is 30.8 Å². The van der Waals surface area contributed by atoms with Crippen molar-refractivity contribution in [3.05, 3.63) is 53.2 Å². The maximum atomic E-state index is 13.3. The molecule has 2 bridgehead atoms. The van der Waals surface area contributed by atoms with Crippen LogP contribution in [-0.4, -0.2) is 49.2 Å². The fourth-order valence-electron chi connectivity index (χ4n) is 4.93. The van der Waals surface area contributed by atoms with Gasteiger partial charge in [0.25, 0.3) is 10.0 Å². The molecule has 0 unspecified atom stereocenters. The SMILES string of the molecule is O=S(=O)(c1cccs1)N1C[C@H]2[C@H](O)[C@@H]3C[C@H](c4ccc(F)cc4)[C@@H](O3)[C@H]2C1. The van der Waals surface area contributed by atoms with Gasteiger partial charge in [0.2, 0.25) is 0 Å². The molecule has 144 valence electrons. The molecule has 6 atom stereocenters. The van der Waals surface area contributed by atoms with Crippen LogP contribution in [0.2, 0.25) is 0 Å². The molecule has 3 fully saturated rings. The Morgan fingerprint density at radius 3 is 2.59 bits per heavy atom. The molecule has 3 aliphatic rings. The molecule has 8 heteroatoms. The van der Waals surface area contributed by atoms with E-state index in [1.54, 1.807) is 29.6 Å². The van der Waals surface area contributed by atoms with Gasteiger partial charge in [0.15, 0.2) is 0 Å². The Hall–Kier alpha value is -1.32. The third-order valence-corrected chi connectivity index (χ3v) is 9.43. The summed E-state index contributed by atoms with van der Waals surface area (Å²) in [5.74, 6) is -0.435. The van der Waals surface area contributed by atoms with Gasteiger partial charge in [0.05, 0.1) is 18.3 Å². The van der Waals surface area contributed by atoms with Crippen LogP contribution < -0.4 is 0 Å². The van der Waals surface area contributed by atoms with Crippen molar-refractivity contribution in [1.29, 1.82) is 0 Å². The van der Waals surface area contributed by atoms with E-state index in [-0.39, 0.29) is 35.8 Å². The molecule has 4 heterocycles. The number of hydrogen-bond acceptors (Lipinski definition) is 5. The van der Waals surface area contributed by atoms with Gasteiger partial charge >= 0.3 is 0 Å². The monoisotopic (exact) mass is 409 g/mol. The lowest BCUT2D eigenvalue weighted by molar-refractivity contribution is -0.126. The standard InChI is InChI=1S/C19H20FNO4S2/c20-12-5-3-11(4-6-12)13-8-16-18(22)14-9-21(10-15(14)19(13)25-16)27(23,24)17-2-1-7-26-17/h1-7,13-16,18-19,22H,8-10H2/t13-,14-,15+,16+,18+,19-/m1/s1. The topological polar surface area (TPSA) is 66.8 Å². The summed E-state index contributed by atoms with van der Waals surface area (Å²) in [6.45, 7) is 0.662. The van der Waals surface area contributed by atoms with Crippen molar-refractivity contribution in [2.24, 2.45) is 11.8 Å². The van der Waals surface area contributed by atoms with Crippen LogP contribution in [0, 0.1) is 17.7 Å². The molecule has 0 spiro atoms. The Morgan fingerprint density at radius 2 is 1.89 bits per heavy atom. The zero-order valence-corrected chi connectivity index (χ0v) is 16.1. The molecule has 1 aromatic carbocycles. The van der Waals surface area contributed by atoms with Crippen LogP contribution in [0.5, 0.6) is 0 Å². The number of fused-ring (bicyclic) bond motifs is 4. The molecule has 5 nitrogen and oxygen atoms in total. The van der Waals surface area contributed by atoms with Crippen molar-refractivity contribution in [3.8, 4) is 0 Å². The molecule has 2 aromatic rings. The number of halogens is 1. The van der Waals surface area contributed by atoms with E-state index >= 15 is 0 Å². The molecular weight excluding hydrogens is 389 g/mol. The number of hydrogen-bond donors (Lipinski definition) is 1. The molecular formula is C19H20FNO4S2. The van der Waals surface area contributed by atoms with Crippen molar-refractivity contribution in [3.63, 3.8) is 0 Å². The van der Waals surface area contributed by atoms with Crippen LogP contribution in [-0.2, 0) is 14.8 Å². The molecule has 0 radical (unpaired) electrons. The molecule has 3 saturated heterocycles. The van der Waals surface area contributed by atoms with Gasteiger partial charge in [-0.3, -0.25) is 0 Å². The maximum Gasteiger partial charge on any atom is 0.252 e. The average molecular weight is 410 g/mol. The Kier molecular flexibility index (Phi) is 4.18. The van der Waals surface area contributed by atoms with E-state index in [2.05, 4.69) is 0 Å². The van der Waals surface area contributed by atoms with E-state index in [1.165, 1.54) is 27.8 Å². The molecule has 0 amide bonds. The maximum absolute atomic E-state index is 13.3. The van der Waals surface area contributed by atoms with Gasteiger partial charge in [-0.1, -0.05) is 18.2 Å². The van der Waals surface area contributed by atoms with Crippen LogP contribution >= 0.6 is 11.3 Å². The first-order chi connectivity index (χ1) is 12.9. The Labute approximate surface area is 161 Å². The van der Waals surface area contributed by atoms with Crippen LogP contribution in [0.25, 0.3) is 0 Å². The minimum atomic E-state index is -3.55. The highest BCUT2D eigenvalue weighted by atomic mass is 32.2. The van der Waals surface area contributed by atoms with E-state index in [0.717, 1.165) is 5.56 Å². The first kappa shape index (κ1) is 17.8. The summed E-state index contributed by atoms with van der Waals surface area (Å²) < 4.78 is 47.0. The second kappa shape index (κ2) is 6.35. The van der Waals surface area contributed by atoms with Crippen LogP contribution in [0.3, 0.4) is 0 Å². The predicted octanol–water partition coefficient (Wildman–Crippen LogP) is 2.44. The van der Waals surface area contributed by atoms with E-state index in [4.69, 9.17) is 4.74 Å². The van der Waals surface area contributed by atoms with Crippen LogP contribution in [0.4, 0.5) is 4.39 Å². The van der Waals surface area contributed by atoms with Crippen molar-refractivity contribution in [2.45, 2.75) is 34.9 Å². The summed E-state index contributed by atoms with van der Waals surface area (Å²) in [7, 11) is -3.55. The zero-order valence-electron chi connectivity index (χ0n) is 14.4. The van der Waals surface area contributed by atoms with Gasteiger partial charge in [-0.15, -0.1) is 11.3 Å².